The van der Waals surface area contributed by atoms with E-state index in [1.54, 1.807) is 6.07 Å². The van der Waals surface area contributed by atoms with E-state index in [1.807, 2.05) is 25.1 Å². The highest BCUT2D eigenvalue weighted by Crippen LogP contribution is 1.98. The highest BCUT2D eigenvalue weighted by Gasteiger charge is 2.11. The highest BCUT2D eigenvalue weighted by atomic mass is 16.5. The van der Waals surface area contributed by atoms with E-state index < -0.39 is 0 Å². The minimum atomic E-state index is -0.303. The average Bonchev–Trinajstić information content (AvgIpc) is 2.56. The third kappa shape index (κ3) is 1.31. The maximum absolute atomic E-state index is 11.4. The number of hydrogen-bond donors (Lipinski definition) is 0. The third-order valence-corrected chi connectivity index (χ3v) is 2.24. The summed E-state index contributed by atoms with van der Waals surface area (Å²) in [6.45, 7) is 1.99. The number of carbonyl (C=O) groups excluding carboxylic acids is 1. The second-order valence-electron chi connectivity index (χ2n) is 3.27. The predicted octanol–water partition coefficient (Wildman–Crippen LogP) is 0.275. The Morgan fingerprint density at radius 2 is 2.29 bits per heavy atom. The van der Waals surface area contributed by atoms with Crippen molar-refractivity contribution >= 4 is 12.0 Å². The summed E-state index contributed by atoms with van der Waals surface area (Å²) in [7, 11) is 1.39. The van der Waals surface area contributed by atoms with Crippen LogP contribution in [0, 0.1) is 0 Å². The van der Waals surface area contributed by atoms with Crippen molar-refractivity contribution in [2.75, 3.05) is 7.11 Å². The van der Waals surface area contributed by atoms with Gasteiger partial charge in [0, 0.05) is 5.22 Å². The number of rotatable bonds is 1. The van der Waals surface area contributed by atoms with Gasteiger partial charge in [-0.25, -0.2) is 4.79 Å². The lowest BCUT2D eigenvalue weighted by Gasteiger charge is -1.97. The molecule has 2 rings (SSSR count). The molecular formula is C11H11NO2. The standard InChI is InChI=1S/C11H11NO2/c1-7-6-9-8(11(13)14-2)4-3-5-10(9)12-7/h3-7H,1-2H3/t7-/m1/s1. The number of ether oxygens (including phenoxy) is 1. The number of methoxy groups -OCH3 is 1. The van der Waals surface area contributed by atoms with Crippen LogP contribution in [0.1, 0.15) is 17.3 Å². The summed E-state index contributed by atoms with van der Waals surface area (Å²) < 4.78 is 4.70. The first kappa shape index (κ1) is 8.94. The highest BCUT2D eigenvalue weighted by molar-refractivity contribution is 5.89. The first-order valence-corrected chi connectivity index (χ1v) is 4.49. The first-order valence-electron chi connectivity index (χ1n) is 4.49. The van der Waals surface area contributed by atoms with E-state index in [2.05, 4.69) is 4.99 Å². The van der Waals surface area contributed by atoms with Gasteiger partial charge in [0.1, 0.15) is 0 Å². The van der Waals surface area contributed by atoms with Gasteiger partial charge in [-0.2, -0.15) is 0 Å². The first-order chi connectivity index (χ1) is 6.72. The van der Waals surface area contributed by atoms with Gasteiger partial charge in [-0.3, -0.25) is 4.99 Å². The minimum Gasteiger partial charge on any atom is -0.465 e. The van der Waals surface area contributed by atoms with Crippen LogP contribution in [0.25, 0.3) is 6.08 Å². The van der Waals surface area contributed by atoms with Crippen LogP contribution in [0.15, 0.2) is 23.2 Å². The number of hydrogen-bond acceptors (Lipinski definition) is 3. The number of nitrogens with zero attached hydrogens (tertiary/aromatic N) is 1. The van der Waals surface area contributed by atoms with Crippen molar-refractivity contribution < 1.29 is 9.53 Å². The Kier molecular flexibility index (Phi) is 2.08. The molecule has 1 aromatic rings. The fourth-order valence-corrected chi connectivity index (χ4v) is 1.63. The van der Waals surface area contributed by atoms with Crippen LogP contribution in [0.5, 0.6) is 0 Å². The number of fused-ring (bicyclic) bond motifs is 1. The van der Waals surface area contributed by atoms with Gasteiger partial charge in [0.2, 0.25) is 0 Å². The molecule has 0 spiro atoms. The maximum atomic E-state index is 11.4. The Labute approximate surface area is 81.7 Å². The number of carbonyl (C=O) groups is 1. The molecule has 0 saturated carbocycles. The molecule has 1 aliphatic heterocycles. The normalized spacial score (nSPS) is 18.0. The van der Waals surface area contributed by atoms with E-state index in [4.69, 9.17) is 4.74 Å². The molecule has 0 fully saturated rings. The van der Waals surface area contributed by atoms with E-state index in [0.717, 1.165) is 10.6 Å². The van der Waals surface area contributed by atoms with Gasteiger partial charge in [0.25, 0.3) is 0 Å². The van der Waals surface area contributed by atoms with Crippen molar-refractivity contribution in [1.29, 1.82) is 0 Å². The van der Waals surface area contributed by atoms with Crippen molar-refractivity contribution in [2.45, 2.75) is 13.0 Å². The lowest BCUT2D eigenvalue weighted by Crippen LogP contribution is -2.28. The molecule has 72 valence electrons. The topological polar surface area (TPSA) is 38.7 Å². The van der Waals surface area contributed by atoms with Gasteiger partial charge in [-0.1, -0.05) is 12.1 Å². The largest absolute Gasteiger partial charge is 0.465 e. The monoisotopic (exact) mass is 189 g/mol. The molecule has 3 heteroatoms. The van der Waals surface area contributed by atoms with Crippen LogP contribution in [0.3, 0.4) is 0 Å². The van der Waals surface area contributed by atoms with E-state index in [0.29, 0.717) is 5.56 Å². The summed E-state index contributed by atoms with van der Waals surface area (Å²) in [6, 6.07) is 5.63. The second kappa shape index (κ2) is 3.25. The lowest BCUT2D eigenvalue weighted by atomic mass is 10.1. The average molecular weight is 189 g/mol. The molecule has 0 amide bonds. The Morgan fingerprint density at radius 1 is 1.50 bits per heavy atom. The van der Waals surface area contributed by atoms with Crippen LogP contribution in [0.2, 0.25) is 0 Å². The molecule has 0 radical (unpaired) electrons. The molecule has 1 heterocycles. The third-order valence-electron chi connectivity index (χ3n) is 2.24. The Morgan fingerprint density at radius 3 is 3.00 bits per heavy atom. The molecule has 0 bridgehead atoms. The Balaban J connectivity index is 2.68. The minimum absolute atomic E-state index is 0.149. The molecule has 0 N–H and O–H groups in total. The summed E-state index contributed by atoms with van der Waals surface area (Å²) in [5, 5.41) is 1.77. The smallest absolute Gasteiger partial charge is 0.338 e. The zero-order chi connectivity index (χ0) is 10.1. The summed E-state index contributed by atoms with van der Waals surface area (Å²) >= 11 is 0. The predicted molar refractivity (Wildman–Crippen MR) is 52.5 cm³/mol. The Hall–Kier alpha value is -1.64. The Bertz CT molecular complexity index is 490. The van der Waals surface area contributed by atoms with Crippen LogP contribution in [-0.4, -0.2) is 19.1 Å². The van der Waals surface area contributed by atoms with E-state index in [-0.39, 0.29) is 12.0 Å². The van der Waals surface area contributed by atoms with Gasteiger partial charge in [0.15, 0.2) is 0 Å². The SMILES string of the molecule is COC(=O)c1cccc2c1=C[C@@H](C)N=2. The lowest BCUT2D eigenvalue weighted by molar-refractivity contribution is 0.0599. The summed E-state index contributed by atoms with van der Waals surface area (Å²) in [4.78, 5) is 15.8. The van der Waals surface area contributed by atoms with Crippen molar-refractivity contribution in [3.05, 3.63) is 34.3 Å². The molecule has 1 aromatic carbocycles. The van der Waals surface area contributed by atoms with E-state index >= 15 is 0 Å². The zero-order valence-electron chi connectivity index (χ0n) is 8.15. The molecular weight excluding hydrogens is 178 g/mol. The summed E-state index contributed by atoms with van der Waals surface area (Å²) in [5.74, 6) is -0.303. The summed E-state index contributed by atoms with van der Waals surface area (Å²) in [6.07, 6.45) is 1.97. The molecule has 0 aliphatic carbocycles. The van der Waals surface area contributed by atoms with Crippen molar-refractivity contribution in [3.8, 4) is 0 Å². The van der Waals surface area contributed by atoms with E-state index in [1.165, 1.54) is 7.11 Å². The van der Waals surface area contributed by atoms with Crippen LogP contribution in [-0.2, 0) is 4.74 Å². The van der Waals surface area contributed by atoms with Gasteiger partial charge >= 0.3 is 5.97 Å². The second-order valence-corrected chi connectivity index (χ2v) is 3.27. The van der Waals surface area contributed by atoms with Gasteiger partial charge in [-0.15, -0.1) is 0 Å². The molecule has 14 heavy (non-hydrogen) atoms. The summed E-state index contributed by atoms with van der Waals surface area (Å²) in [5.41, 5.74) is 0.595. The van der Waals surface area contributed by atoms with Crippen LogP contribution < -0.4 is 10.6 Å². The maximum Gasteiger partial charge on any atom is 0.338 e. The van der Waals surface area contributed by atoms with Gasteiger partial charge in [-0.05, 0) is 19.1 Å². The fraction of sp³-hybridized carbons (Fsp3) is 0.273. The van der Waals surface area contributed by atoms with Crippen molar-refractivity contribution in [2.24, 2.45) is 4.99 Å². The molecule has 1 aliphatic rings. The molecule has 3 nitrogen and oxygen atoms in total. The van der Waals surface area contributed by atoms with Gasteiger partial charge < -0.3 is 4.74 Å². The molecule has 0 unspecified atom stereocenters. The fourth-order valence-electron chi connectivity index (χ4n) is 1.63. The number of benzene rings is 1. The van der Waals surface area contributed by atoms with Gasteiger partial charge in [0.05, 0.1) is 24.1 Å². The quantitative estimate of drug-likeness (QED) is 0.595. The number of esters is 1. The zero-order valence-corrected chi connectivity index (χ0v) is 8.15. The molecule has 0 saturated heterocycles. The molecule has 1 atom stereocenters. The van der Waals surface area contributed by atoms with Crippen LogP contribution in [0.4, 0.5) is 0 Å². The van der Waals surface area contributed by atoms with Crippen molar-refractivity contribution in [3.63, 3.8) is 0 Å². The van der Waals surface area contributed by atoms with Crippen LogP contribution >= 0.6 is 0 Å². The van der Waals surface area contributed by atoms with Crippen molar-refractivity contribution in [1.82, 2.24) is 0 Å². The molecule has 0 aromatic heterocycles. The van der Waals surface area contributed by atoms with E-state index in [9.17, 15) is 4.79 Å².